The molecule has 1 atom stereocenters. The highest BCUT2D eigenvalue weighted by Crippen LogP contribution is 2.40. The summed E-state index contributed by atoms with van der Waals surface area (Å²) in [5.41, 5.74) is 0.476. The summed E-state index contributed by atoms with van der Waals surface area (Å²) in [5, 5.41) is 3.65. The van der Waals surface area contributed by atoms with Crippen LogP contribution in [0, 0.1) is 29.6 Å². The molecule has 1 rings (SSSR count). The molecule has 0 spiro atoms. The van der Waals surface area contributed by atoms with E-state index in [9.17, 15) is 0 Å². The first-order valence-electron chi connectivity index (χ1n) is 7.65. The highest BCUT2D eigenvalue weighted by atomic mass is 14.9. The topological polar surface area (TPSA) is 12.0 Å². The van der Waals surface area contributed by atoms with E-state index in [-0.39, 0.29) is 0 Å². The van der Waals surface area contributed by atoms with Crippen molar-refractivity contribution in [3.8, 4) is 12.3 Å². The molecule has 0 aromatic heterocycles. The minimum Gasteiger partial charge on any atom is -0.313 e. The lowest BCUT2D eigenvalue weighted by Gasteiger charge is -2.39. The minimum atomic E-state index is 0.476. The SMILES string of the molecule is C#CCC(NCCC)C1CCC(C(C)(C)C)CC1. The summed E-state index contributed by atoms with van der Waals surface area (Å²) in [6.45, 7) is 10.5. The first-order valence-corrected chi connectivity index (χ1v) is 7.65. The van der Waals surface area contributed by atoms with Gasteiger partial charge in [-0.25, -0.2) is 0 Å². The second-order valence-electron chi connectivity index (χ2n) is 6.95. The molecule has 0 bridgehead atoms. The molecular formula is C17H31N. The fourth-order valence-electron chi connectivity index (χ4n) is 3.25. The van der Waals surface area contributed by atoms with Gasteiger partial charge in [0, 0.05) is 12.5 Å². The van der Waals surface area contributed by atoms with Gasteiger partial charge in [-0.05, 0) is 55.9 Å². The molecule has 1 fully saturated rings. The molecule has 0 aromatic rings. The van der Waals surface area contributed by atoms with Crippen LogP contribution in [0.4, 0.5) is 0 Å². The van der Waals surface area contributed by atoms with E-state index in [2.05, 4.69) is 38.9 Å². The lowest BCUT2D eigenvalue weighted by atomic mass is 9.68. The molecule has 104 valence electrons. The van der Waals surface area contributed by atoms with Crippen LogP contribution in [0.25, 0.3) is 0 Å². The van der Waals surface area contributed by atoms with Gasteiger partial charge in [0.05, 0.1) is 0 Å². The Morgan fingerprint density at radius 2 is 1.83 bits per heavy atom. The maximum atomic E-state index is 5.51. The molecule has 18 heavy (non-hydrogen) atoms. The normalized spacial score (nSPS) is 26.6. The molecule has 1 N–H and O–H groups in total. The zero-order valence-electron chi connectivity index (χ0n) is 12.8. The molecule has 0 saturated heterocycles. The van der Waals surface area contributed by atoms with Crippen molar-refractivity contribution in [2.45, 2.75) is 72.3 Å². The van der Waals surface area contributed by atoms with Crippen molar-refractivity contribution in [1.82, 2.24) is 5.32 Å². The van der Waals surface area contributed by atoms with Crippen LogP contribution in [-0.2, 0) is 0 Å². The van der Waals surface area contributed by atoms with Gasteiger partial charge in [-0.15, -0.1) is 12.3 Å². The first kappa shape index (κ1) is 15.6. The van der Waals surface area contributed by atoms with Crippen LogP contribution in [0.1, 0.15) is 66.2 Å². The zero-order valence-corrected chi connectivity index (χ0v) is 12.8. The van der Waals surface area contributed by atoms with E-state index in [0.717, 1.165) is 24.8 Å². The number of hydrogen-bond acceptors (Lipinski definition) is 1. The maximum Gasteiger partial charge on any atom is 0.0243 e. The van der Waals surface area contributed by atoms with E-state index in [1.165, 1.54) is 32.1 Å². The van der Waals surface area contributed by atoms with E-state index >= 15 is 0 Å². The lowest BCUT2D eigenvalue weighted by Crippen LogP contribution is -2.39. The molecule has 1 nitrogen and oxygen atoms in total. The fourth-order valence-corrected chi connectivity index (χ4v) is 3.25. The van der Waals surface area contributed by atoms with E-state index in [1.807, 2.05) is 0 Å². The smallest absolute Gasteiger partial charge is 0.0243 e. The largest absolute Gasteiger partial charge is 0.313 e. The second kappa shape index (κ2) is 7.19. The molecule has 0 amide bonds. The number of rotatable bonds is 5. The van der Waals surface area contributed by atoms with Gasteiger partial charge in [0.25, 0.3) is 0 Å². The van der Waals surface area contributed by atoms with E-state index in [4.69, 9.17) is 6.42 Å². The summed E-state index contributed by atoms with van der Waals surface area (Å²) >= 11 is 0. The Bertz CT molecular complexity index is 260. The van der Waals surface area contributed by atoms with Gasteiger partial charge >= 0.3 is 0 Å². The van der Waals surface area contributed by atoms with Crippen LogP contribution in [0.5, 0.6) is 0 Å². The van der Waals surface area contributed by atoms with Gasteiger partial charge in [-0.2, -0.15) is 0 Å². The Kier molecular flexibility index (Phi) is 6.22. The van der Waals surface area contributed by atoms with Gasteiger partial charge in [-0.1, -0.05) is 27.7 Å². The third-order valence-corrected chi connectivity index (χ3v) is 4.56. The van der Waals surface area contributed by atoms with Crippen molar-refractivity contribution in [3.63, 3.8) is 0 Å². The van der Waals surface area contributed by atoms with Gasteiger partial charge in [0.2, 0.25) is 0 Å². The van der Waals surface area contributed by atoms with Crippen molar-refractivity contribution in [2.24, 2.45) is 17.3 Å². The molecule has 1 saturated carbocycles. The van der Waals surface area contributed by atoms with Crippen molar-refractivity contribution in [2.75, 3.05) is 6.54 Å². The maximum absolute atomic E-state index is 5.51. The highest BCUT2D eigenvalue weighted by Gasteiger charge is 2.32. The monoisotopic (exact) mass is 249 g/mol. The molecule has 1 unspecified atom stereocenters. The minimum absolute atomic E-state index is 0.476. The first-order chi connectivity index (χ1) is 8.49. The Balaban J connectivity index is 2.46. The highest BCUT2D eigenvalue weighted by molar-refractivity contribution is 4.94. The number of nitrogens with one attached hydrogen (secondary N) is 1. The number of hydrogen-bond donors (Lipinski definition) is 1. The summed E-state index contributed by atoms with van der Waals surface area (Å²) in [5.74, 6) is 4.55. The molecule has 0 aromatic carbocycles. The van der Waals surface area contributed by atoms with E-state index < -0.39 is 0 Å². The van der Waals surface area contributed by atoms with Gasteiger partial charge in [0.15, 0.2) is 0 Å². The van der Waals surface area contributed by atoms with Crippen LogP contribution >= 0.6 is 0 Å². The number of terminal acetylenes is 1. The Hall–Kier alpha value is -0.480. The van der Waals surface area contributed by atoms with Gasteiger partial charge in [-0.3, -0.25) is 0 Å². The van der Waals surface area contributed by atoms with E-state index in [0.29, 0.717) is 11.5 Å². The Labute approximate surface area is 114 Å². The average molecular weight is 249 g/mol. The molecule has 0 heterocycles. The van der Waals surface area contributed by atoms with Crippen molar-refractivity contribution in [1.29, 1.82) is 0 Å². The predicted octanol–water partition coefficient (Wildman–Crippen LogP) is 4.23. The zero-order chi connectivity index (χ0) is 13.6. The van der Waals surface area contributed by atoms with Crippen LogP contribution in [0.15, 0.2) is 0 Å². The summed E-state index contributed by atoms with van der Waals surface area (Å²) in [6.07, 6.45) is 13.1. The summed E-state index contributed by atoms with van der Waals surface area (Å²) < 4.78 is 0. The van der Waals surface area contributed by atoms with Gasteiger partial charge in [0.1, 0.15) is 0 Å². The van der Waals surface area contributed by atoms with E-state index in [1.54, 1.807) is 0 Å². The standard InChI is InChI=1S/C17H31N/c1-6-8-16(18-13-7-2)14-9-11-15(12-10-14)17(3,4)5/h1,14-16,18H,7-13H2,2-5H3. The van der Waals surface area contributed by atoms with Crippen molar-refractivity contribution in [3.05, 3.63) is 0 Å². The quantitative estimate of drug-likeness (QED) is 0.719. The fraction of sp³-hybridized carbons (Fsp3) is 0.882. The molecule has 1 aliphatic carbocycles. The summed E-state index contributed by atoms with van der Waals surface area (Å²) in [6, 6.07) is 0.552. The summed E-state index contributed by atoms with van der Waals surface area (Å²) in [7, 11) is 0. The predicted molar refractivity (Wildman–Crippen MR) is 80.4 cm³/mol. The lowest BCUT2D eigenvalue weighted by molar-refractivity contribution is 0.133. The van der Waals surface area contributed by atoms with Crippen LogP contribution < -0.4 is 5.32 Å². The van der Waals surface area contributed by atoms with Crippen molar-refractivity contribution >= 4 is 0 Å². The van der Waals surface area contributed by atoms with Crippen molar-refractivity contribution < 1.29 is 0 Å². The van der Waals surface area contributed by atoms with Crippen LogP contribution in [0.2, 0.25) is 0 Å². The molecule has 0 aliphatic heterocycles. The summed E-state index contributed by atoms with van der Waals surface area (Å²) in [4.78, 5) is 0. The molecular weight excluding hydrogens is 218 g/mol. The second-order valence-corrected chi connectivity index (χ2v) is 6.95. The van der Waals surface area contributed by atoms with Crippen LogP contribution in [-0.4, -0.2) is 12.6 Å². The average Bonchev–Trinajstić information content (AvgIpc) is 2.33. The molecule has 0 radical (unpaired) electrons. The Morgan fingerprint density at radius 3 is 2.28 bits per heavy atom. The molecule has 1 heteroatoms. The van der Waals surface area contributed by atoms with Crippen LogP contribution in [0.3, 0.4) is 0 Å². The third kappa shape index (κ3) is 4.65. The van der Waals surface area contributed by atoms with Gasteiger partial charge < -0.3 is 5.32 Å². The third-order valence-electron chi connectivity index (χ3n) is 4.56. The Morgan fingerprint density at radius 1 is 1.22 bits per heavy atom. The molecule has 1 aliphatic rings.